The number of carbonyl (C=O) groups is 3. The number of halogens is 1. The van der Waals surface area contributed by atoms with E-state index >= 15 is 0 Å². The molecule has 0 bridgehead atoms. The first-order valence-electron chi connectivity index (χ1n) is 14.4. The molecule has 0 spiro atoms. The van der Waals surface area contributed by atoms with E-state index in [0.717, 1.165) is 38.5 Å². The fraction of sp³-hybridized carbons (Fsp3) is 0.606. The van der Waals surface area contributed by atoms with E-state index in [1.54, 1.807) is 23.0 Å². The number of amides is 1. The predicted octanol–water partition coefficient (Wildman–Crippen LogP) is 8.33. The van der Waals surface area contributed by atoms with Gasteiger partial charge in [-0.3, -0.25) is 14.4 Å². The van der Waals surface area contributed by atoms with Crippen molar-refractivity contribution in [1.82, 2.24) is 5.32 Å². The van der Waals surface area contributed by atoms with Gasteiger partial charge < -0.3 is 13.1 Å². The van der Waals surface area contributed by atoms with Crippen molar-refractivity contribution >= 4 is 40.7 Å². The number of esters is 1. The summed E-state index contributed by atoms with van der Waals surface area (Å²) in [6.45, 7) is 11.7. The molecule has 0 heterocycles. The van der Waals surface area contributed by atoms with Crippen LogP contribution in [0.5, 0.6) is 0 Å². The molecule has 226 valence electrons. The molecule has 0 aromatic carbocycles. The standard InChI is InChI=1S/C33H52INO5/c1-7-8-9-10-11-12-13-14-15-16-17-18-19-20-21-22-23-24-29(37)39-27-33(5,6)30(40-34)31(38)35-26-25-28(36)32(2,3)4/h8-9,11-12,14-15,17-18,20-21,30H,7,10,13,16,19,22-27H2,1-6H3,(H,35,38)/b9-8-,12-11-,15-14-,18-17-,21-20-/t30-/m0/s1. The lowest BCUT2D eigenvalue weighted by Gasteiger charge is -2.30. The molecule has 0 saturated heterocycles. The number of nitrogens with one attached hydrogen (secondary N) is 1. The van der Waals surface area contributed by atoms with Crippen molar-refractivity contribution in [2.24, 2.45) is 10.8 Å². The average molecular weight is 670 g/mol. The fourth-order valence-corrected chi connectivity index (χ4v) is 4.35. The van der Waals surface area contributed by atoms with E-state index in [9.17, 15) is 14.4 Å². The second-order valence-electron chi connectivity index (χ2n) is 11.4. The third-order valence-electron chi connectivity index (χ3n) is 6.04. The van der Waals surface area contributed by atoms with Crippen LogP contribution in [0.2, 0.25) is 0 Å². The lowest BCUT2D eigenvalue weighted by molar-refractivity contribution is -0.151. The number of allylic oxidation sites excluding steroid dienone is 10. The molecule has 0 unspecified atom stereocenters. The molecule has 0 radical (unpaired) electrons. The van der Waals surface area contributed by atoms with Gasteiger partial charge in [0.2, 0.25) is 0 Å². The van der Waals surface area contributed by atoms with Crippen LogP contribution >= 0.6 is 23.0 Å². The molecule has 0 rings (SSSR count). The Morgan fingerprint density at radius 1 is 0.775 bits per heavy atom. The summed E-state index contributed by atoms with van der Waals surface area (Å²) in [6.07, 6.45) is 27.8. The molecule has 1 atom stereocenters. The minimum Gasteiger partial charge on any atom is -0.465 e. The van der Waals surface area contributed by atoms with Gasteiger partial charge in [0.1, 0.15) is 28.8 Å². The normalized spacial score (nSPS) is 13.8. The zero-order chi connectivity index (χ0) is 30.3. The second-order valence-corrected chi connectivity index (χ2v) is 11.9. The molecule has 0 saturated carbocycles. The number of carbonyl (C=O) groups excluding carboxylic acids is 3. The maximum Gasteiger partial charge on any atom is 0.305 e. The van der Waals surface area contributed by atoms with Crippen LogP contribution in [0.1, 0.15) is 99.3 Å². The number of hydrogen-bond donors (Lipinski definition) is 1. The maximum absolute atomic E-state index is 12.6. The Morgan fingerprint density at radius 2 is 1.27 bits per heavy atom. The molecule has 0 aromatic rings. The molecule has 0 aliphatic heterocycles. The van der Waals surface area contributed by atoms with Crippen molar-refractivity contribution in [3.05, 3.63) is 60.8 Å². The van der Waals surface area contributed by atoms with Gasteiger partial charge in [0.25, 0.3) is 5.91 Å². The zero-order valence-electron chi connectivity index (χ0n) is 25.5. The van der Waals surface area contributed by atoms with Gasteiger partial charge in [0.15, 0.2) is 6.10 Å². The molecular formula is C33H52INO5. The number of ketones is 1. The Kier molecular flexibility index (Phi) is 21.5. The van der Waals surface area contributed by atoms with Gasteiger partial charge in [-0.1, -0.05) is 102 Å². The summed E-state index contributed by atoms with van der Waals surface area (Å²) in [6, 6.07) is 0. The molecular weight excluding hydrogens is 617 g/mol. The molecule has 0 aromatic heterocycles. The first-order valence-corrected chi connectivity index (χ1v) is 15.3. The highest BCUT2D eigenvalue weighted by Crippen LogP contribution is 2.26. The monoisotopic (exact) mass is 669 g/mol. The summed E-state index contributed by atoms with van der Waals surface area (Å²) < 4.78 is 10.8. The van der Waals surface area contributed by atoms with Crippen LogP contribution in [0.25, 0.3) is 0 Å². The lowest BCUT2D eigenvalue weighted by Crippen LogP contribution is -2.47. The predicted molar refractivity (Wildman–Crippen MR) is 174 cm³/mol. The highest BCUT2D eigenvalue weighted by atomic mass is 127. The molecule has 0 aliphatic rings. The highest BCUT2D eigenvalue weighted by molar-refractivity contribution is 14.1. The maximum atomic E-state index is 12.6. The zero-order valence-corrected chi connectivity index (χ0v) is 27.7. The van der Waals surface area contributed by atoms with E-state index in [4.69, 9.17) is 7.80 Å². The van der Waals surface area contributed by atoms with Gasteiger partial charge in [-0.2, -0.15) is 0 Å². The second kappa shape index (κ2) is 22.7. The summed E-state index contributed by atoms with van der Waals surface area (Å²) >= 11 is 1.69. The minimum absolute atomic E-state index is 0.0650. The Hall–Kier alpha value is -2.00. The summed E-state index contributed by atoms with van der Waals surface area (Å²) in [5.74, 6) is -0.531. The van der Waals surface area contributed by atoms with Crippen molar-refractivity contribution in [3.8, 4) is 0 Å². The third-order valence-corrected chi connectivity index (χ3v) is 6.55. The largest absolute Gasteiger partial charge is 0.465 e. The van der Waals surface area contributed by atoms with Crippen LogP contribution in [-0.2, 0) is 22.2 Å². The Balaban J connectivity index is 4.14. The van der Waals surface area contributed by atoms with Crippen LogP contribution in [0.4, 0.5) is 0 Å². The fourth-order valence-electron chi connectivity index (χ4n) is 3.43. The van der Waals surface area contributed by atoms with Gasteiger partial charge in [-0.25, -0.2) is 0 Å². The van der Waals surface area contributed by atoms with Crippen molar-refractivity contribution in [2.45, 2.75) is 105 Å². The molecule has 40 heavy (non-hydrogen) atoms. The van der Waals surface area contributed by atoms with Gasteiger partial charge in [0, 0.05) is 30.2 Å². The summed E-state index contributed by atoms with van der Waals surface area (Å²) in [4.78, 5) is 36.9. The van der Waals surface area contributed by atoms with Crippen molar-refractivity contribution in [2.75, 3.05) is 13.2 Å². The quantitative estimate of drug-likeness (QED) is 0.0575. The topological polar surface area (TPSA) is 81.7 Å². The van der Waals surface area contributed by atoms with Crippen molar-refractivity contribution in [1.29, 1.82) is 0 Å². The summed E-state index contributed by atoms with van der Waals surface area (Å²) in [7, 11) is 0. The van der Waals surface area contributed by atoms with E-state index in [1.165, 1.54) is 0 Å². The van der Waals surface area contributed by atoms with E-state index in [-0.39, 0.29) is 37.2 Å². The van der Waals surface area contributed by atoms with Crippen molar-refractivity contribution in [3.63, 3.8) is 0 Å². The smallest absolute Gasteiger partial charge is 0.305 e. The van der Waals surface area contributed by atoms with Crippen molar-refractivity contribution < 1.29 is 22.2 Å². The van der Waals surface area contributed by atoms with Crippen LogP contribution in [-0.4, -0.2) is 36.9 Å². The number of rotatable bonds is 21. The molecule has 0 aliphatic carbocycles. The van der Waals surface area contributed by atoms with Crippen LogP contribution in [0.15, 0.2) is 60.8 Å². The Labute approximate surface area is 257 Å². The molecule has 1 N–H and O–H groups in total. The van der Waals surface area contributed by atoms with Crippen LogP contribution < -0.4 is 5.32 Å². The SMILES string of the molecule is CC/C=C\C/C=C\C/C=C\C/C=C\C/C=C\CCCC(=O)OCC(C)(C)[C@@H](OI)C(=O)NCCC(=O)C(C)(C)C. The van der Waals surface area contributed by atoms with Crippen LogP contribution in [0, 0.1) is 10.8 Å². The average Bonchev–Trinajstić information content (AvgIpc) is 2.89. The van der Waals surface area contributed by atoms with Gasteiger partial charge in [0.05, 0.1) is 6.61 Å². The van der Waals surface area contributed by atoms with E-state index in [2.05, 4.69) is 73.0 Å². The van der Waals surface area contributed by atoms with Gasteiger partial charge in [-0.05, 0) is 44.9 Å². The Morgan fingerprint density at radius 3 is 1.75 bits per heavy atom. The number of Topliss-reactive ketones (excluding diaryl/α,β-unsaturated/α-hetero) is 1. The number of unbranched alkanes of at least 4 members (excludes halogenated alkanes) is 1. The molecule has 7 heteroatoms. The molecule has 6 nitrogen and oxygen atoms in total. The lowest BCUT2D eigenvalue weighted by atomic mass is 9.86. The number of hydrogen-bond acceptors (Lipinski definition) is 5. The van der Waals surface area contributed by atoms with E-state index in [1.807, 2.05) is 34.6 Å². The Bertz CT molecular complexity index is 878. The van der Waals surface area contributed by atoms with E-state index < -0.39 is 16.9 Å². The first kappa shape index (κ1) is 38.0. The van der Waals surface area contributed by atoms with E-state index in [0.29, 0.717) is 12.8 Å². The third kappa shape index (κ3) is 20.0. The van der Waals surface area contributed by atoms with Crippen LogP contribution in [0.3, 0.4) is 0 Å². The molecule has 0 fully saturated rings. The summed E-state index contributed by atoms with van der Waals surface area (Å²) in [5, 5.41) is 2.77. The van der Waals surface area contributed by atoms with Gasteiger partial charge in [-0.15, -0.1) is 0 Å². The highest BCUT2D eigenvalue weighted by Gasteiger charge is 2.37. The van der Waals surface area contributed by atoms with Gasteiger partial charge >= 0.3 is 5.97 Å². The molecule has 1 amide bonds. The summed E-state index contributed by atoms with van der Waals surface area (Å²) in [5.41, 5.74) is -1.16. The first-order chi connectivity index (χ1) is 19.0. The minimum atomic E-state index is -0.813. The number of ether oxygens (including phenoxy) is 1.